The van der Waals surface area contributed by atoms with E-state index in [0.717, 1.165) is 6.07 Å². The molecule has 0 radical (unpaired) electrons. The molecule has 8 heteroatoms. The van der Waals surface area contributed by atoms with Crippen LogP contribution in [0.25, 0.3) is 11.1 Å². The van der Waals surface area contributed by atoms with Crippen LogP contribution in [0, 0.1) is 0 Å². The minimum absolute atomic E-state index is 0.172. The number of alkyl halides is 3. The minimum Gasteiger partial charge on any atom is -0.457 e. The molecule has 0 saturated carbocycles. The highest BCUT2D eigenvalue weighted by molar-refractivity contribution is 5.72. The summed E-state index contributed by atoms with van der Waals surface area (Å²) in [6.07, 6.45) is -0.204. The van der Waals surface area contributed by atoms with E-state index in [9.17, 15) is 13.2 Å². The van der Waals surface area contributed by atoms with Gasteiger partial charge in [-0.25, -0.2) is 9.97 Å². The fraction of sp³-hybridized carbons (Fsp3) is 0.0588. The van der Waals surface area contributed by atoms with E-state index in [2.05, 4.69) is 14.7 Å². The van der Waals surface area contributed by atoms with Crippen molar-refractivity contribution >= 4 is 5.69 Å². The lowest BCUT2D eigenvalue weighted by molar-refractivity contribution is -0.274. The van der Waals surface area contributed by atoms with Gasteiger partial charge in [-0.1, -0.05) is 6.07 Å². The van der Waals surface area contributed by atoms with Crippen LogP contribution in [-0.2, 0) is 0 Å². The number of nitrogens with zero attached hydrogens (tertiary/aromatic N) is 2. The normalized spacial score (nSPS) is 11.2. The summed E-state index contributed by atoms with van der Waals surface area (Å²) < 4.78 is 46.6. The number of rotatable bonds is 4. The molecule has 5 nitrogen and oxygen atoms in total. The second-order valence-corrected chi connectivity index (χ2v) is 5.01. The van der Waals surface area contributed by atoms with Crippen molar-refractivity contribution in [3.8, 4) is 28.4 Å². The van der Waals surface area contributed by atoms with Crippen LogP contribution >= 0.6 is 0 Å². The first-order valence-electron chi connectivity index (χ1n) is 7.09. The molecule has 0 bridgehead atoms. The summed E-state index contributed by atoms with van der Waals surface area (Å²) in [5.74, 6) is 0.155. The molecule has 0 aliphatic rings. The average molecular weight is 347 g/mol. The molecule has 1 heterocycles. The number of benzene rings is 2. The zero-order chi connectivity index (χ0) is 17.9. The largest absolute Gasteiger partial charge is 0.573 e. The molecule has 2 aromatic carbocycles. The molecule has 2 N–H and O–H groups in total. The number of hydrogen-bond donors (Lipinski definition) is 1. The molecule has 0 aliphatic carbocycles. The van der Waals surface area contributed by atoms with Gasteiger partial charge >= 0.3 is 6.36 Å². The number of anilines is 1. The van der Waals surface area contributed by atoms with Gasteiger partial charge in [-0.3, -0.25) is 0 Å². The molecule has 3 aromatic rings. The molecule has 0 spiro atoms. The molecule has 0 amide bonds. The van der Waals surface area contributed by atoms with Crippen LogP contribution in [-0.4, -0.2) is 16.3 Å². The van der Waals surface area contributed by atoms with Gasteiger partial charge < -0.3 is 15.2 Å². The van der Waals surface area contributed by atoms with Crippen molar-refractivity contribution in [2.75, 3.05) is 5.73 Å². The number of aromatic nitrogens is 2. The van der Waals surface area contributed by atoms with E-state index in [-0.39, 0.29) is 11.5 Å². The summed E-state index contributed by atoms with van der Waals surface area (Å²) in [7, 11) is 0. The molecule has 0 unspecified atom stereocenters. The summed E-state index contributed by atoms with van der Waals surface area (Å²) in [6, 6.07) is 10.2. The molecular weight excluding hydrogens is 335 g/mol. The van der Waals surface area contributed by atoms with Crippen LogP contribution in [0.5, 0.6) is 17.2 Å². The molecule has 0 atom stereocenters. The maximum Gasteiger partial charge on any atom is 0.573 e. The summed E-state index contributed by atoms with van der Waals surface area (Å²) in [6.45, 7) is 0. The van der Waals surface area contributed by atoms with Crippen LogP contribution in [0.3, 0.4) is 0 Å². The standard InChI is InChI=1S/C17H12F3N3O2/c18-17(19,20)25-14-3-1-2-13(7-14)24-16-6-12(21)4-5-15(16)11-8-22-10-23-9-11/h1-10H,21H2. The molecule has 3 rings (SSSR count). The molecule has 25 heavy (non-hydrogen) atoms. The lowest BCUT2D eigenvalue weighted by Gasteiger charge is -2.13. The third-order valence-corrected chi connectivity index (χ3v) is 3.14. The van der Waals surface area contributed by atoms with Crippen LogP contribution in [0.2, 0.25) is 0 Å². The predicted octanol–water partition coefficient (Wildman–Crippen LogP) is 4.42. The third kappa shape index (κ3) is 4.37. The summed E-state index contributed by atoms with van der Waals surface area (Å²) in [5.41, 5.74) is 7.56. The first kappa shape index (κ1) is 16.6. The molecule has 0 fully saturated rings. The highest BCUT2D eigenvalue weighted by atomic mass is 19.4. The summed E-state index contributed by atoms with van der Waals surface area (Å²) in [4.78, 5) is 7.89. The number of nitrogen functional groups attached to an aromatic ring is 1. The van der Waals surface area contributed by atoms with Gasteiger partial charge in [-0.15, -0.1) is 13.2 Å². The molecular formula is C17H12F3N3O2. The summed E-state index contributed by atoms with van der Waals surface area (Å²) in [5, 5.41) is 0. The SMILES string of the molecule is Nc1ccc(-c2cncnc2)c(Oc2cccc(OC(F)(F)F)c2)c1. The van der Waals surface area contributed by atoms with E-state index in [1.807, 2.05) is 0 Å². The van der Waals surface area contributed by atoms with E-state index in [1.165, 1.54) is 24.5 Å². The van der Waals surface area contributed by atoms with Gasteiger partial charge in [0.15, 0.2) is 0 Å². The van der Waals surface area contributed by atoms with Gasteiger partial charge in [0.1, 0.15) is 23.6 Å². The second-order valence-electron chi connectivity index (χ2n) is 5.01. The van der Waals surface area contributed by atoms with Gasteiger partial charge in [0, 0.05) is 41.3 Å². The Kier molecular flexibility index (Phi) is 4.42. The lowest BCUT2D eigenvalue weighted by atomic mass is 10.1. The van der Waals surface area contributed by atoms with Crippen molar-refractivity contribution in [1.29, 1.82) is 0 Å². The Morgan fingerprint density at radius 2 is 1.64 bits per heavy atom. The quantitative estimate of drug-likeness (QED) is 0.708. The van der Waals surface area contributed by atoms with Crippen LogP contribution in [0.4, 0.5) is 18.9 Å². The Morgan fingerprint density at radius 1 is 0.920 bits per heavy atom. The number of hydrogen-bond acceptors (Lipinski definition) is 5. The monoisotopic (exact) mass is 347 g/mol. The second kappa shape index (κ2) is 6.68. The van der Waals surface area contributed by atoms with Gasteiger partial charge in [0.2, 0.25) is 0 Å². The van der Waals surface area contributed by atoms with Crippen molar-refractivity contribution in [3.63, 3.8) is 0 Å². The highest BCUT2D eigenvalue weighted by Gasteiger charge is 2.31. The van der Waals surface area contributed by atoms with Crippen molar-refractivity contribution in [2.45, 2.75) is 6.36 Å². The number of halogens is 3. The van der Waals surface area contributed by atoms with Crippen LogP contribution < -0.4 is 15.2 Å². The lowest BCUT2D eigenvalue weighted by Crippen LogP contribution is -2.17. The Labute approximate surface area is 140 Å². The van der Waals surface area contributed by atoms with Crippen molar-refractivity contribution in [3.05, 3.63) is 61.2 Å². The van der Waals surface area contributed by atoms with Crippen LogP contribution in [0.15, 0.2) is 61.2 Å². The van der Waals surface area contributed by atoms with E-state index in [4.69, 9.17) is 10.5 Å². The van der Waals surface area contributed by atoms with Crippen LogP contribution in [0.1, 0.15) is 0 Å². The van der Waals surface area contributed by atoms with Gasteiger partial charge in [0.25, 0.3) is 0 Å². The van der Waals surface area contributed by atoms with Crippen molar-refractivity contribution < 1.29 is 22.6 Å². The average Bonchev–Trinajstić information content (AvgIpc) is 2.54. The van der Waals surface area contributed by atoms with E-state index >= 15 is 0 Å². The number of nitrogens with two attached hydrogens (primary N) is 1. The third-order valence-electron chi connectivity index (χ3n) is 3.14. The number of ether oxygens (including phenoxy) is 2. The maximum absolute atomic E-state index is 12.3. The topological polar surface area (TPSA) is 70.3 Å². The van der Waals surface area contributed by atoms with E-state index in [0.29, 0.717) is 22.6 Å². The summed E-state index contributed by atoms with van der Waals surface area (Å²) >= 11 is 0. The van der Waals surface area contributed by atoms with E-state index < -0.39 is 6.36 Å². The highest BCUT2D eigenvalue weighted by Crippen LogP contribution is 2.35. The van der Waals surface area contributed by atoms with E-state index in [1.54, 1.807) is 30.6 Å². The predicted molar refractivity (Wildman–Crippen MR) is 85.1 cm³/mol. The molecule has 0 saturated heterocycles. The van der Waals surface area contributed by atoms with Crippen molar-refractivity contribution in [2.24, 2.45) is 0 Å². The first-order chi connectivity index (χ1) is 11.9. The van der Waals surface area contributed by atoms with Crippen molar-refractivity contribution in [1.82, 2.24) is 9.97 Å². The Bertz CT molecular complexity index is 871. The van der Waals surface area contributed by atoms with Gasteiger partial charge in [0.05, 0.1) is 0 Å². The van der Waals surface area contributed by atoms with Gasteiger partial charge in [-0.05, 0) is 24.3 Å². The van der Waals surface area contributed by atoms with Gasteiger partial charge in [-0.2, -0.15) is 0 Å². The Balaban J connectivity index is 1.93. The molecule has 0 aliphatic heterocycles. The molecule has 1 aromatic heterocycles. The maximum atomic E-state index is 12.3. The minimum atomic E-state index is -4.78. The first-order valence-corrected chi connectivity index (χ1v) is 7.09. The smallest absolute Gasteiger partial charge is 0.457 e. The fourth-order valence-electron chi connectivity index (χ4n) is 2.16. The molecule has 128 valence electrons. The Morgan fingerprint density at radius 3 is 2.36 bits per heavy atom. The fourth-order valence-corrected chi connectivity index (χ4v) is 2.16. The zero-order valence-electron chi connectivity index (χ0n) is 12.7. The zero-order valence-corrected chi connectivity index (χ0v) is 12.7. The Hall–Kier alpha value is -3.29.